The standard InChI is InChI=1S/C14H31N3O/c1-11(7-6-8-12(2)15)14(18)16-13(3)9-10-17(4)5/h11-13H,6-10,15H2,1-5H3,(H,16,18). The Kier molecular flexibility index (Phi) is 9.02. The van der Waals surface area contributed by atoms with Crippen molar-refractivity contribution in [1.82, 2.24) is 10.2 Å². The quantitative estimate of drug-likeness (QED) is 0.659. The van der Waals surface area contributed by atoms with E-state index in [9.17, 15) is 4.79 Å². The highest BCUT2D eigenvalue weighted by Gasteiger charge is 2.15. The van der Waals surface area contributed by atoms with Crippen LogP contribution in [0.15, 0.2) is 0 Å². The molecule has 0 saturated carbocycles. The van der Waals surface area contributed by atoms with Crippen molar-refractivity contribution in [2.45, 2.75) is 58.5 Å². The van der Waals surface area contributed by atoms with E-state index in [1.165, 1.54) is 0 Å². The van der Waals surface area contributed by atoms with Crippen molar-refractivity contribution in [3.05, 3.63) is 0 Å². The highest BCUT2D eigenvalue weighted by molar-refractivity contribution is 5.78. The van der Waals surface area contributed by atoms with Crippen molar-refractivity contribution in [2.75, 3.05) is 20.6 Å². The second kappa shape index (κ2) is 9.34. The van der Waals surface area contributed by atoms with Gasteiger partial charge in [0.15, 0.2) is 0 Å². The Bertz CT molecular complexity index is 229. The van der Waals surface area contributed by atoms with Crippen molar-refractivity contribution in [2.24, 2.45) is 11.7 Å². The number of amides is 1. The van der Waals surface area contributed by atoms with E-state index < -0.39 is 0 Å². The molecule has 0 aromatic rings. The average Bonchev–Trinajstić information content (AvgIpc) is 2.25. The number of nitrogens with one attached hydrogen (secondary N) is 1. The zero-order valence-corrected chi connectivity index (χ0v) is 12.7. The minimum atomic E-state index is 0.0885. The van der Waals surface area contributed by atoms with Crippen molar-refractivity contribution in [3.63, 3.8) is 0 Å². The molecule has 3 unspecified atom stereocenters. The van der Waals surface area contributed by atoms with E-state index in [2.05, 4.69) is 17.1 Å². The third-order valence-electron chi connectivity index (χ3n) is 3.14. The summed E-state index contributed by atoms with van der Waals surface area (Å²) in [6, 6.07) is 0.482. The fourth-order valence-electron chi connectivity index (χ4n) is 1.79. The molecule has 3 atom stereocenters. The first-order chi connectivity index (χ1) is 8.32. The fourth-order valence-corrected chi connectivity index (χ4v) is 1.79. The van der Waals surface area contributed by atoms with Gasteiger partial charge >= 0.3 is 0 Å². The van der Waals surface area contributed by atoms with Crippen LogP contribution in [0.2, 0.25) is 0 Å². The number of rotatable bonds is 9. The Hall–Kier alpha value is -0.610. The molecular formula is C14H31N3O. The molecule has 0 rings (SSSR count). The maximum Gasteiger partial charge on any atom is 0.223 e. The van der Waals surface area contributed by atoms with Crippen LogP contribution in [0.3, 0.4) is 0 Å². The van der Waals surface area contributed by atoms with Crippen LogP contribution < -0.4 is 11.1 Å². The molecule has 0 aromatic heterocycles. The summed E-state index contributed by atoms with van der Waals surface area (Å²) in [6.45, 7) is 7.07. The highest BCUT2D eigenvalue weighted by Crippen LogP contribution is 2.09. The van der Waals surface area contributed by atoms with Gasteiger partial charge in [-0.1, -0.05) is 13.3 Å². The fraction of sp³-hybridized carbons (Fsp3) is 0.929. The number of nitrogens with two attached hydrogens (primary N) is 1. The first-order valence-corrected chi connectivity index (χ1v) is 7.03. The summed E-state index contributed by atoms with van der Waals surface area (Å²) < 4.78 is 0. The molecule has 0 aliphatic heterocycles. The predicted octanol–water partition coefficient (Wildman–Crippen LogP) is 1.60. The summed E-state index contributed by atoms with van der Waals surface area (Å²) in [5, 5.41) is 3.08. The van der Waals surface area contributed by atoms with Gasteiger partial charge in [0.25, 0.3) is 0 Å². The van der Waals surface area contributed by atoms with E-state index in [-0.39, 0.29) is 23.9 Å². The minimum Gasteiger partial charge on any atom is -0.353 e. The molecule has 0 aromatic carbocycles. The van der Waals surface area contributed by atoms with Gasteiger partial charge in [-0.05, 0) is 53.8 Å². The molecule has 0 aliphatic rings. The molecule has 3 N–H and O–H groups in total. The summed E-state index contributed by atoms with van der Waals surface area (Å²) in [6.07, 6.45) is 3.94. The Morgan fingerprint density at radius 2 is 1.78 bits per heavy atom. The molecule has 0 fully saturated rings. The highest BCUT2D eigenvalue weighted by atomic mass is 16.1. The summed E-state index contributed by atoms with van der Waals surface area (Å²) in [5.41, 5.74) is 5.70. The number of hydrogen-bond acceptors (Lipinski definition) is 3. The molecule has 0 aliphatic carbocycles. The Labute approximate surface area is 112 Å². The largest absolute Gasteiger partial charge is 0.353 e. The zero-order chi connectivity index (χ0) is 14.1. The molecule has 0 saturated heterocycles. The van der Waals surface area contributed by atoms with Crippen LogP contribution in [0.1, 0.15) is 46.5 Å². The Balaban J connectivity index is 3.78. The van der Waals surface area contributed by atoms with Crippen molar-refractivity contribution >= 4 is 5.91 Å². The summed E-state index contributed by atoms with van der Waals surface area (Å²) in [7, 11) is 4.09. The predicted molar refractivity (Wildman–Crippen MR) is 77.4 cm³/mol. The van der Waals surface area contributed by atoms with Crippen LogP contribution in [-0.2, 0) is 4.79 Å². The maximum absolute atomic E-state index is 11.9. The molecular weight excluding hydrogens is 226 g/mol. The van der Waals surface area contributed by atoms with Crippen LogP contribution in [0, 0.1) is 5.92 Å². The van der Waals surface area contributed by atoms with E-state index in [0.717, 1.165) is 32.2 Å². The van der Waals surface area contributed by atoms with Gasteiger partial charge in [0.2, 0.25) is 5.91 Å². The van der Waals surface area contributed by atoms with E-state index >= 15 is 0 Å². The van der Waals surface area contributed by atoms with Crippen LogP contribution in [-0.4, -0.2) is 43.5 Å². The van der Waals surface area contributed by atoms with Gasteiger partial charge in [-0.25, -0.2) is 0 Å². The molecule has 108 valence electrons. The first kappa shape index (κ1) is 17.4. The van der Waals surface area contributed by atoms with E-state index in [4.69, 9.17) is 5.73 Å². The van der Waals surface area contributed by atoms with Gasteiger partial charge < -0.3 is 16.0 Å². The lowest BCUT2D eigenvalue weighted by molar-refractivity contribution is -0.125. The number of carbonyl (C=O) groups is 1. The average molecular weight is 257 g/mol. The van der Waals surface area contributed by atoms with Gasteiger partial charge in [-0.15, -0.1) is 0 Å². The monoisotopic (exact) mass is 257 g/mol. The Morgan fingerprint density at radius 3 is 2.28 bits per heavy atom. The molecule has 4 nitrogen and oxygen atoms in total. The van der Waals surface area contributed by atoms with E-state index in [1.54, 1.807) is 0 Å². The molecule has 0 spiro atoms. The van der Waals surface area contributed by atoms with Gasteiger partial charge in [-0.2, -0.15) is 0 Å². The normalized spacial score (nSPS) is 16.4. The second-order valence-electron chi connectivity index (χ2n) is 5.81. The van der Waals surface area contributed by atoms with Crippen LogP contribution in [0.25, 0.3) is 0 Å². The molecule has 1 amide bonds. The molecule has 0 radical (unpaired) electrons. The number of hydrogen-bond donors (Lipinski definition) is 2. The summed E-state index contributed by atoms with van der Waals surface area (Å²) in [5.74, 6) is 0.261. The molecule has 4 heteroatoms. The van der Waals surface area contributed by atoms with E-state index in [0.29, 0.717) is 0 Å². The first-order valence-electron chi connectivity index (χ1n) is 7.03. The number of carbonyl (C=O) groups excluding carboxylic acids is 1. The van der Waals surface area contributed by atoms with E-state index in [1.807, 2.05) is 27.9 Å². The smallest absolute Gasteiger partial charge is 0.223 e. The van der Waals surface area contributed by atoms with Gasteiger partial charge in [0, 0.05) is 18.0 Å². The summed E-state index contributed by atoms with van der Waals surface area (Å²) >= 11 is 0. The molecule has 0 bridgehead atoms. The lowest BCUT2D eigenvalue weighted by Gasteiger charge is -2.19. The van der Waals surface area contributed by atoms with Gasteiger partial charge in [0.1, 0.15) is 0 Å². The minimum absolute atomic E-state index is 0.0885. The lowest BCUT2D eigenvalue weighted by atomic mass is 10.0. The van der Waals surface area contributed by atoms with Crippen molar-refractivity contribution in [3.8, 4) is 0 Å². The second-order valence-corrected chi connectivity index (χ2v) is 5.81. The van der Waals surface area contributed by atoms with Crippen LogP contribution in [0.5, 0.6) is 0 Å². The third-order valence-corrected chi connectivity index (χ3v) is 3.14. The maximum atomic E-state index is 11.9. The summed E-state index contributed by atoms with van der Waals surface area (Å²) in [4.78, 5) is 14.1. The Morgan fingerprint density at radius 1 is 1.17 bits per heavy atom. The van der Waals surface area contributed by atoms with Crippen molar-refractivity contribution < 1.29 is 4.79 Å². The molecule has 0 heterocycles. The van der Waals surface area contributed by atoms with Crippen molar-refractivity contribution in [1.29, 1.82) is 0 Å². The zero-order valence-electron chi connectivity index (χ0n) is 12.7. The molecule has 18 heavy (non-hydrogen) atoms. The van der Waals surface area contributed by atoms with Crippen LogP contribution >= 0.6 is 0 Å². The third kappa shape index (κ3) is 9.42. The number of nitrogens with zero attached hydrogens (tertiary/aromatic N) is 1. The topological polar surface area (TPSA) is 58.4 Å². The SMILES string of the molecule is CC(N)CCCC(C)C(=O)NC(C)CCN(C)C. The lowest BCUT2D eigenvalue weighted by Crippen LogP contribution is -2.38. The van der Waals surface area contributed by atoms with Gasteiger partial charge in [0.05, 0.1) is 0 Å². The van der Waals surface area contributed by atoms with Crippen LogP contribution in [0.4, 0.5) is 0 Å². The van der Waals surface area contributed by atoms with Gasteiger partial charge in [-0.3, -0.25) is 4.79 Å².